The zero-order chi connectivity index (χ0) is 17.3. The lowest BCUT2D eigenvalue weighted by atomic mass is 10.3. The molecular weight excluding hydrogens is 328 g/mol. The molecule has 0 amide bonds. The number of nitrogens with one attached hydrogen (secondary N) is 1. The van der Waals surface area contributed by atoms with Crippen molar-refractivity contribution in [1.29, 1.82) is 0 Å². The normalized spacial score (nSPS) is 31.3. The van der Waals surface area contributed by atoms with Crippen molar-refractivity contribution in [2.24, 2.45) is 5.92 Å². The van der Waals surface area contributed by atoms with E-state index in [1.165, 1.54) is 6.42 Å². The van der Waals surface area contributed by atoms with Crippen molar-refractivity contribution in [2.75, 3.05) is 25.4 Å². The Bertz CT molecular complexity index is 647. The number of furan rings is 1. The first-order valence-electron chi connectivity index (χ1n) is 8.78. The van der Waals surface area contributed by atoms with E-state index in [1.54, 1.807) is 4.31 Å². The largest absolute Gasteiger partial charge is 0.464 e. The van der Waals surface area contributed by atoms with E-state index < -0.39 is 10.0 Å². The molecule has 0 unspecified atom stereocenters. The molecule has 4 atom stereocenters. The molecule has 7 heteroatoms. The molecule has 0 spiro atoms. The summed E-state index contributed by atoms with van der Waals surface area (Å²) in [5, 5.41) is 3.17. The molecule has 0 aromatic carbocycles. The maximum Gasteiger partial charge on any atom is 0.215 e. The third kappa shape index (κ3) is 4.39. The zero-order valence-corrected chi connectivity index (χ0v) is 15.5. The third-order valence-corrected chi connectivity index (χ3v) is 6.58. The molecule has 1 saturated heterocycles. The van der Waals surface area contributed by atoms with E-state index in [2.05, 4.69) is 12.2 Å². The van der Waals surface area contributed by atoms with Gasteiger partial charge in [-0.25, -0.2) is 8.42 Å². The molecule has 1 aliphatic heterocycles. The highest BCUT2D eigenvalue weighted by Crippen LogP contribution is 2.47. The Morgan fingerprint density at radius 1 is 1.21 bits per heavy atom. The van der Waals surface area contributed by atoms with Crippen molar-refractivity contribution in [3.05, 3.63) is 23.7 Å². The quantitative estimate of drug-likeness (QED) is 0.756. The van der Waals surface area contributed by atoms with Gasteiger partial charge in [0, 0.05) is 25.6 Å². The molecule has 0 bridgehead atoms. The van der Waals surface area contributed by atoms with Crippen LogP contribution >= 0.6 is 0 Å². The van der Waals surface area contributed by atoms with Crippen molar-refractivity contribution in [3.63, 3.8) is 0 Å². The molecule has 1 aromatic rings. The van der Waals surface area contributed by atoms with Gasteiger partial charge >= 0.3 is 0 Å². The summed E-state index contributed by atoms with van der Waals surface area (Å²) < 4.78 is 37.8. The molecule has 0 radical (unpaired) electrons. The molecule has 136 valence electrons. The molecule has 1 N–H and O–H groups in total. The molecule has 1 aliphatic carbocycles. The number of sulfonamides is 1. The van der Waals surface area contributed by atoms with Crippen LogP contribution in [0.4, 0.5) is 0 Å². The fraction of sp³-hybridized carbons (Fsp3) is 0.765. The lowest BCUT2D eigenvalue weighted by Gasteiger charge is -2.34. The van der Waals surface area contributed by atoms with E-state index in [9.17, 15) is 8.42 Å². The smallest absolute Gasteiger partial charge is 0.215 e. The number of hydrogen-bond acceptors (Lipinski definition) is 5. The summed E-state index contributed by atoms with van der Waals surface area (Å²) in [5.74, 6) is 3.32. The molecule has 2 aliphatic rings. The monoisotopic (exact) mass is 356 g/mol. The molecule has 3 rings (SSSR count). The van der Waals surface area contributed by atoms with Crippen LogP contribution < -0.4 is 5.32 Å². The second kappa shape index (κ2) is 7.15. The van der Waals surface area contributed by atoms with Crippen molar-refractivity contribution in [3.8, 4) is 0 Å². The maximum absolute atomic E-state index is 12.4. The van der Waals surface area contributed by atoms with Gasteiger partial charge in [-0.15, -0.1) is 0 Å². The number of rotatable bonds is 7. The van der Waals surface area contributed by atoms with E-state index in [1.807, 2.05) is 26.0 Å². The van der Waals surface area contributed by atoms with E-state index in [4.69, 9.17) is 9.15 Å². The maximum atomic E-state index is 12.4. The Balaban J connectivity index is 1.43. The highest BCUT2D eigenvalue weighted by Gasteiger charge is 2.36. The van der Waals surface area contributed by atoms with Gasteiger partial charge in [0.05, 0.1) is 24.5 Å². The van der Waals surface area contributed by atoms with Crippen LogP contribution in [0.2, 0.25) is 0 Å². The molecule has 1 saturated carbocycles. The first kappa shape index (κ1) is 17.9. The summed E-state index contributed by atoms with van der Waals surface area (Å²) in [4.78, 5) is 0. The second-order valence-corrected chi connectivity index (χ2v) is 9.28. The molecule has 24 heavy (non-hydrogen) atoms. The van der Waals surface area contributed by atoms with Crippen LogP contribution in [0.5, 0.6) is 0 Å². The Labute approximate surface area is 144 Å². The van der Waals surface area contributed by atoms with Gasteiger partial charge in [-0.3, -0.25) is 0 Å². The van der Waals surface area contributed by atoms with Gasteiger partial charge in [0.1, 0.15) is 11.5 Å². The van der Waals surface area contributed by atoms with Gasteiger partial charge in [0.15, 0.2) is 0 Å². The van der Waals surface area contributed by atoms with Gasteiger partial charge < -0.3 is 14.5 Å². The number of hydrogen-bond donors (Lipinski definition) is 1. The molecule has 2 heterocycles. The van der Waals surface area contributed by atoms with Crippen LogP contribution in [0.25, 0.3) is 0 Å². The van der Waals surface area contributed by atoms with Crippen LogP contribution in [-0.4, -0.2) is 50.3 Å². The first-order chi connectivity index (χ1) is 11.3. The number of morpholine rings is 1. The standard InChI is InChI=1S/C17H28N2O4S/c1-12-8-16(12)17-5-4-15(23-17)9-18-6-7-24(20,21)19-10-13(2)22-14(3)11-19/h4-5,12-14,16,18H,6-11H2,1-3H3/t12-,13-,14+,16-/m1/s1. The van der Waals surface area contributed by atoms with Gasteiger partial charge in [-0.1, -0.05) is 6.92 Å². The lowest BCUT2D eigenvalue weighted by molar-refractivity contribution is -0.0440. The van der Waals surface area contributed by atoms with Crippen LogP contribution in [0.3, 0.4) is 0 Å². The fourth-order valence-electron chi connectivity index (χ4n) is 3.31. The summed E-state index contributed by atoms with van der Waals surface area (Å²) in [6.45, 7) is 7.90. The van der Waals surface area contributed by atoms with Gasteiger partial charge in [0.25, 0.3) is 0 Å². The second-order valence-electron chi connectivity index (χ2n) is 7.19. The lowest BCUT2D eigenvalue weighted by Crippen LogP contribution is -2.49. The minimum Gasteiger partial charge on any atom is -0.464 e. The predicted octanol–water partition coefficient (Wildman–Crippen LogP) is 1.93. The van der Waals surface area contributed by atoms with Gasteiger partial charge in [0.2, 0.25) is 10.0 Å². The van der Waals surface area contributed by atoms with Crippen LogP contribution in [-0.2, 0) is 21.3 Å². The number of nitrogens with zero attached hydrogens (tertiary/aromatic N) is 1. The van der Waals surface area contributed by atoms with Crippen LogP contribution in [0.1, 0.15) is 44.6 Å². The molecular formula is C17H28N2O4S. The first-order valence-corrected chi connectivity index (χ1v) is 10.4. The third-order valence-electron chi connectivity index (χ3n) is 4.77. The number of ether oxygens (including phenoxy) is 1. The zero-order valence-electron chi connectivity index (χ0n) is 14.7. The highest BCUT2D eigenvalue weighted by atomic mass is 32.2. The van der Waals surface area contributed by atoms with E-state index in [0.29, 0.717) is 32.1 Å². The summed E-state index contributed by atoms with van der Waals surface area (Å²) in [6.07, 6.45) is 1.10. The van der Waals surface area contributed by atoms with Crippen LogP contribution in [0, 0.1) is 5.92 Å². The molecule has 2 fully saturated rings. The van der Waals surface area contributed by atoms with E-state index >= 15 is 0 Å². The van der Waals surface area contributed by atoms with Crippen molar-refractivity contribution >= 4 is 10.0 Å². The summed E-state index contributed by atoms with van der Waals surface area (Å²) in [6, 6.07) is 4.02. The van der Waals surface area contributed by atoms with Crippen LogP contribution in [0.15, 0.2) is 16.5 Å². The topological polar surface area (TPSA) is 71.8 Å². The Kier molecular flexibility index (Phi) is 5.34. The van der Waals surface area contributed by atoms with Crippen molar-refractivity contribution in [2.45, 2.75) is 51.9 Å². The van der Waals surface area contributed by atoms with Gasteiger partial charge in [-0.05, 0) is 38.3 Å². The Morgan fingerprint density at radius 3 is 2.50 bits per heavy atom. The van der Waals surface area contributed by atoms with E-state index in [0.717, 1.165) is 17.4 Å². The van der Waals surface area contributed by atoms with Crippen molar-refractivity contribution in [1.82, 2.24) is 9.62 Å². The highest BCUT2D eigenvalue weighted by molar-refractivity contribution is 7.89. The Hall–Kier alpha value is -0.890. The summed E-state index contributed by atoms with van der Waals surface area (Å²) >= 11 is 0. The average Bonchev–Trinajstić information content (AvgIpc) is 3.05. The predicted molar refractivity (Wildman–Crippen MR) is 92.3 cm³/mol. The minimum atomic E-state index is -3.25. The fourth-order valence-corrected chi connectivity index (χ4v) is 4.84. The summed E-state index contributed by atoms with van der Waals surface area (Å²) in [7, 11) is -3.25. The summed E-state index contributed by atoms with van der Waals surface area (Å²) in [5.41, 5.74) is 0. The Morgan fingerprint density at radius 2 is 1.88 bits per heavy atom. The van der Waals surface area contributed by atoms with Crippen molar-refractivity contribution < 1.29 is 17.6 Å². The molecule has 1 aromatic heterocycles. The minimum absolute atomic E-state index is 0.0529. The van der Waals surface area contributed by atoms with E-state index in [-0.39, 0.29) is 18.0 Å². The molecule has 6 nitrogen and oxygen atoms in total. The SMILES string of the molecule is C[C@@H]1CN(S(=O)(=O)CCNCc2ccc([C@@H]3C[C@H]3C)o2)C[C@H](C)O1. The van der Waals surface area contributed by atoms with Gasteiger partial charge in [-0.2, -0.15) is 4.31 Å². The average molecular weight is 356 g/mol.